The van der Waals surface area contributed by atoms with Crippen molar-refractivity contribution in [3.05, 3.63) is 21.3 Å². The van der Waals surface area contributed by atoms with Gasteiger partial charge >= 0.3 is 0 Å². The number of aliphatic hydroxyl groups is 1. The first kappa shape index (κ1) is 13.3. The SMILES string of the molecule is CC1CCC(CO)(NCc2ccc(Cl)s2)CC1. The quantitative estimate of drug-likeness (QED) is 0.881. The monoisotopic (exact) mass is 273 g/mol. The second-order valence-electron chi connectivity index (χ2n) is 5.18. The highest BCUT2D eigenvalue weighted by molar-refractivity contribution is 7.16. The van der Waals surface area contributed by atoms with Gasteiger partial charge in [-0.2, -0.15) is 0 Å². The molecular weight excluding hydrogens is 254 g/mol. The van der Waals surface area contributed by atoms with Gasteiger partial charge in [0.05, 0.1) is 10.9 Å². The van der Waals surface area contributed by atoms with Gasteiger partial charge in [-0.05, 0) is 43.7 Å². The summed E-state index contributed by atoms with van der Waals surface area (Å²) in [6, 6.07) is 3.98. The van der Waals surface area contributed by atoms with Crippen LogP contribution in [-0.4, -0.2) is 17.3 Å². The Kier molecular flexibility index (Phi) is 4.47. The maximum absolute atomic E-state index is 9.63. The first-order chi connectivity index (χ1) is 8.13. The van der Waals surface area contributed by atoms with E-state index < -0.39 is 0 Å². The Morgan fingerprint density at radius 2 is 2.18 bits per heavy atom. The molecule has 0 aromatic carbocycles. The standard InChI is InChI=1S/C13H20ClNOS/c1-10-4-6-13(9-16,7-5-10)15-8-11-2-3-12(14)17-11/h2-3,10,15-16H,4-9H2,1H3. The van der Waals surface area contributed by atoms with Gasteiger partial charge in [0.25, 0.3) is 0 Å². The molecule has 1 heterocycles. The van der Waals surface area contributed by atoms with Crippen LogP contribution in [-0.2, 0) is 6.54 Å². The van der Waals surface area contributed by atoms with E-state index in [0.29, 0.717) is 0 Å². The Balaban J connectivity index is 1.91. The predicted molar refractivity (Wildman–Crippen MR) is 73.6 cm³/mol. The maximum Gasteiger partial charge on any atom is 0.0931 e. The molecule has 96 valence electrons. The molecular formula is C13H20ClNOS. The Labute approximate surface area is 112 Å². The largest absolute Gasteiger partial charge is 0.394 e. The first-order valence-corrected chi connectivity index (χ1v) is 7.43. The van der Waals surface area contributed by atoms with Crippen molar-refractivity contribution in [3.8, 4) is 0 Å². The van der Waals surface area contributed by atoms with Crippen LogP contribution in [0.3, 0.4) is 0 Å². The second-order valence-corrected chi connectivity index (χ2v) is 6.98. The van der Waals surface area contributed by atoms with Crippen LogP contribution >= 0.6 is 22.9 Å². The van der Waals surface area contributed by atoms with Crippen LogP contribution in [0.2, 0.25) is 4.34 Å². The molecule has 1 aliphatic rings. The molecule has 1 aliphatic carbocycles. The molecule has 2 N–H and O–H groups in total. The van der Waals surface area contributed by atoms with Crippen molar-refractivity contribution in [2.24, 2.45) is 5.92 Å². The number of nitrogens with one attached hydrogen (secondary N) is 1. The van der Waals surface area contributed by atoms with Gasteiger partial charge in [-0.3, -0.25) is 0 Å². The second kappa shape index (κ2) is 5.70. The van der Waals surface area contributed by atoms with Crippen LogP contribution in [0.5, 0.6) is 0 Å². The molecule has 4 heteroatoms. The minimum Gasteiger partial charge on any atom is -0.394 e. The first-order valence-electron chi connectivity index (χ1n) is 6.24. The summed E-state index contributed by atoms with van der Waals surface area (Å²) in [5.41, 5.74) is -0.0665. The smallest absolute Gasteiger partial charge is 0.0931 e. The molecule has 0 saturated heterocycles. The number of rotatable bonds is 4. The van der Waals surface area contributed by atoms with Crippen molar-refractivity contribution in [2.75, 3.05) is 6.61 Å². The molecule has 0 amide bonds. The van der Waals surface area contributed by atoms with Crippen molar-refractivity contribution >= 4 is 22.9 Å². The molecule has 0 spiro atoms. The molecule has 1 aromatic rings. The number of halogens is 1. The van der Waals surface area contributed by atoms with E-state index >= 15 is 0 Å². The van der Waals surface area contributed by atoms with Gasteiger partial charge < -0.3 is 10.4 Å². The van der Waals surface area contributed by atoms with Gasteiger partial charge in [0.15, 0.2) is 0 Å². The zero-order chi connectivity index (χ0) is 12.3. The van der Waals surface area contributed by atoms with Crippen LogP contribution in [0.1, 0.15) is 37.5 Å². The van der Waals surface area contributed by atoms with Crippen LogP contribution in [0, 0.1) is 5.92 Å². The third-order valence-corrected chi connectivity index (χ3v) is 5.03. The molecule has 1 aromatic heterocycles. The third-order valence-electron chi connectivity index (χ3n) is 3.80. The minimum absolute atomic E-state index is 0.0665. The summed E-state index contributed by atoms with van der Waals surface area (Å²) < 4.78 is 0.831. The Morgan fingerprint density at radius 3 is 2.71 bits per heavy atom. The Bertz CT molecular complexity index is 358. The molecule has 1 fully saturated rings. The molecule has 2 rings (SSSR count). The van der Waals surface area contributed by atoms with Gasteiger partial charge in [-0.25, -0.2) is 0 Å². The molecule has 2 nitrogen and oxygen atoms in total. The van der Waals surface area contributed by atoms with Crippen molar-refractivity contribution in [1.29, 1.82) is 0 Å². The lowest BCUT2D eigenvalue weighted by Crippen LogP contribution is -2.50. The van der Waals surface area contributed by atoms with Gasteiger partial charge in [-0.1, -0.05) is 18.5 Å². The Morgan fingerprint density at radius 1 is 1.47 bits per heavy atom. The molecule has 0 unspecified atom stereocenters. The summed E-state index contributed by atoms with van der Waals surface area (Å²) in [5, 5.41) is 13.2. The van der Waals surface area contributed by atoms with E-state index in [1.807, 2.05) is 6.07 Å². The van der Waals surface area contributed by atoms with Crippen molar-refractivity contribution in [2.45, 2.75) is 44.7 Å². The zero-order valence-corrected chi connectivity index (χ0v) is 11.8. The molecule has 0 aliphatic heterocycles. The molecule has 1 saturated carbocycles. The van der Waals surface area contributed by atoms with E-state index in [1.54, 1.807) is 11.3 Å². The lowest BCUT2D eigenvalue weighted by molar-refractivity contribution is 0.104. The van der Waals surface area contributed by atoms with Crippen LogP contribution in [0.4, 0.5) is 0 Å². The van der Waals surface area contributed by atoms with Gasteiger partial charge in [0.2, 0.25) is 0 Å². The average Bonchev–Trinajstić information content (AvgIpc) is 2.75. The molecule has 0 atom stereocenters. The summed E-state index contributed by atoms with van der Waals surface area (Å²) >= 11 is 7.52. The van der Waals surface area contributed by atoms with Gasteiger partial charge in [0.1, 0.15) is 0 Å². The molecule has 0 radical (unpaired) electrons. The van der Waals surface area contributed by atoms with E-state index in [2.05, 4.69) is 18.3 Å². The van der Waals surface area contributed by atoms with E-state index in [9.17, 15) is 5.11 Å². The zero-order valence-electron chi connectivity index (χ0n) is 10.2. The summed E-state index contributed by atoms with van der Waals surface area (Å²) in [5.74, 6) is 0.799. The van der Waals surface area contributed by atoms with Crippen LogP contribution in [0.15, 0.2) is 12.1 Å². The fraction of sp³-hybridized carbons (Fsp3) is 0.692. The summed E-state index contributed by atoms with van der Waals surface area (Å²) in [7, 11) is 0. The van der Waals surface area contributed by atoms with Crippen LogP contribution in [0.25, 0.3) is 0 Å². The third kappa shape index (κ3) is 3.44. The van der Waals surface area contributed by atoms with Crippen molar-refractivity contribution in [3.63, 3.8) is 0 Å². The highest BCUT2D eigenvalue weighted by Gasteiger charge is 2.32. The van der Waals surface area contributed by atoms with Crippen molar-refractivity contribution in [1.82, 2.24) is 5.32 Å². The van der Waals surface area contributed by atoms with Gasteiger partial charge in [0, 0.05) is 17.0 Å². The predicted octanol–water partition coefficient (Wildman–Crippen LogP) is 3.43. The average molecular weight is 274 g/mol. The van der Waals surface area contributed by atoms with Gasteiger partial charge in [-0.15, -0.1) is 11.3 Å². The molecule has 17 heavy (non-hydrogen) atoms. The van der Waals surface area contributed by atoms with E-state index in [4.69, 9.17) is 11.6 Å². The van der Waals surface area contributed by atoms with E-state index in [1.165, 1.54) is 17.7 Å². The maximum atomic E-state index is 9.63. The van der Waals surface area contributed by atoms with Crippen LogP contribution < -0.4 is 5.32 Å². The number of aliphatic hydroxyl groups excluding tert-OH is 1. The number of hydrogen-bond donors (Lipinski definition) is 2. The molecule has 0 bridgehead atoms. The normalized spacial score (nSPS) is 29.5. The fourth-order valence-electron chi connectivity index (χ4n) is 2.43. The Hall–Kier alpha value is -0.0900. The summed E-state index contributed by atoms with van der Waals surface area (Å²) in [6.45, 7) is 3.34. The summed E-state index contributed by atoms with van der Waals surface area (Å²) in [4.78, 5) is 1.24. The number of hydrogen-bond acceptors (Lipinski definition) is 3. The van der Waals surface area contributed by atoms with E-state index in [0.717, 1.165) is 29.6 Å². The van der Waals surface area contributed by atoms with Crippen molar-refractivity contribution < 1.29 is 5.11 Å². The lowest BCUT2D eigenvalue weighted by Gasteiger charge is -2.39. The number of thiophene rings is 1. The lowest BCUT2D eigenvalue weighted by atomic mass is 9.77. The topological polar surface area (TPSA) is 32.3 Å². The highest BCUT2D eigenvalue weighted by Crippen LogP contribution is 2.32. The fourth-order valence-corrected chi connectivity index (χ4v) is 3.45. The van der Waals surface area contributed by atoms with E-state index in [-0.39, 0.29) is 12.1 Å². The minimum atomic E-state index is -0.0665. The highest BCUT2D eigenvalue weighted by atomic mass is 35.5. The summed E-state index contributed by atoms with van der Waals surface area (Å²) in [6.07, 6.45) is 4.56.